The van der Waals surface area contributed by atoms with Crippen LogP contribution in [0.4, 0.5) is 0 Å². The molecule has 19 heavy (non-hydrogen) atoms. The van der Waals surface area contributed by atoms with Crippen molar-refractivity contribution in [1.82, 2.24) is 5.32 Å². The van der Waals surface area contributed by atoms with Crippen LogP contribution in [0.15, 0.2) is 30.3 Å². The summed E-state index contributed by atoms with van der Waals surface area (Å²) in [5.41, 5.74) is 0. The molecule has 0 radical (unpaired) electrons. The van der Waals surface area contributed by atoms with Gasteiger partial charge in [-0.05, 0) is 19.1 Å². The van der Waals surface area contributed by atoms with Crippen molar-refractivity contribution in [1.29, 1.82) is 0 Å². The van der Waals surface area contributed by atoms with Crippen molar-refractivity contribution in [3.8, 4) is 5.75 Å². The third-order valence-electron chi connectivity index (χ3n) is 2.60. The second kappa shape index (κ2) is 8.50. The Hall–Kier alpha value is -1.59. The van der Waals surface area contributed by atoms with Gasteiger partial charge in [-0.15, -0.1) is 0 Å². The van der Waals surface area contributed by atoms with Crippen LogP contribution < -0.4 is 10.1 Å². The summed E-state index contributed by atoms with van der Waals surface area (Å²) < 4.78 is 10.4. The van der Waals surface area contributed by atoms with Crippen molar-refractivity contribution < 1.29 is 19.4 Å². The molecule has 0 fully saturated rings. The number of aliphatic hydroxyl groups is 1. The molecule has 0 aliphatic rings. The van der Waals surface area contributed by atoms with E-state index in [9.17, 15) is 9.90 Å². The number of para-hydroxylation sites is 1. The fourth-order valence-corrected chi connectivity index (χ4v) is 1.42. The SMILES string of the molecule is COC(C)CC(=O)NCC(O)COc1ccccc1. The predicted octanol–water partition coefficient (Wildman–Crippen LogP) is 0.967. The Balaban J connectivity index is 2.17. The number of benzene rings is 1. The van der Waals surface area contributed by atoms with E-state index in [1.807, 2.05) is 37.3 Å². The quantitative estimate of drug-likeness (QED) is 0.736. The van der Waals surface area contributed by atoms with Crippen LogP contribution >= 0.6 is 0 Å². The third-order valence-corrected chi connectivity index (χ3v) is 2.60. The van der Waals surface area contributed by atoms with Gasteiger partial charge < -0.3 is 19.9 Å². The monoisotopic (exact) mass is 267 g/mol. The molecule has 0 bridgehead atoms. The minimum absolute atomic E-state index is 0.127. The smallest absolute Gasteiger partial charge is 0.222 e. The Kier molecular flexibility index (Phi) is 6.92. The largest absolute Gasteiger partial charge is 0.491 e. The highest BCUT2D eigenvalue weighted by Gasteiger charge is 2.10. The van der Waals surface area contributed by atoms with Crippen LogP contribution in [0.5, 0.6) is 5.75 Å². The molecule has 1 amide bonds. The van der Waals surface area contributed by atoms with E-state index in [0.29, 0.717) is 5.75 Å². The third kappa shape index (κ3) is 6.79. The number of hydrogen-bond donors (Lipinski definition) is 2. The van der Waals surface area contributed by atoms with Crippen molar-refractivity contribution in [2.75, 3.05) is 20.3 Å². The Morgan fingerprint density at radius 1 is 1.37 bits per heavy atom. The van der Waals surface area contributed by atoms with Gasteiger partial charge in [0.05, 0.1) is 12.5 Å². The molecule has 5 heteroatoms. The molecule has 106 valence electrons. The summed E-state index contributed by atoms with van der Waals surface area (Å²) in [6, 6.07) is 9.23. The minimum Gasteiger partial charge on any atom is -0.491 e. The Morgan fingerprint density at radius 2 is 2.05 bits per heavy atom. The number of carbonyl (C=O) groups is 1. The van der Waals surface area contributed by atoms with Gasteiger partial charge in [0.1, 0.15) is 18.5 Å². The first-order valence-corrected chi connectivity index (χ1v) is 6.27. The molecule has 0 spiro atoms. The average Bonchev–Trinajstić information content (AvgIpc) is 2.43. The molecular formula is C14H21NO4. The molecule has 1 aromatic carbocycles. The molecule has 0 saturated heterocycles. The van der Waals surface area contributed by atoms with Crippen LogP contribution in [0.1, 0.15) is 13.3 Å². The van der Waals surface area contributed by atoms with Gasteiger partial charge in [0, 0.05) is 13.7 Å². The highest BCUT2D eigenvalue weighted by Crippen LogP contribution is 2.08. The van der Waals surface area contributed by atoms with E-state index in [1.165, 1.54) is 0 Å². The number of carbonyl (C=O) groups excluding carboxylic acids is 1. The zero-order valence-corrected chi connectivity index (χ0v) is 11.3. The van der Waals surface area contributed by atoms with Crippen LogP contribution in [-0.2, 0) is 9.53 Å². The molecule has 0 saturated carbocycles. The highest BCUT2D eigenvalue weighted by molar-refractivity contribution is 5.76. The fourth-order valence-electron chi connectivity index (χ4n) is 1.42. The summed E-state index contributed by atoms with van der Waals surface area (Å²) in [7, 11) is 1.56. The number of ether oxygens (including phenoxy) is 2. The van der Waals surface area contributed by atoms with Crippen molar-refractivity contribution in [3.63, 3.8) is 0 Å². The summed E-state index contributed by atoms with van der Waals surface area (Å²) in [4.78, 5) is 11.4. The van der Waals surface area contributed by atoms with Gasteiger partial charge in [0.25, 0.3) is 0 Å². The summed E-state index contributed by atoms with van der Waals surface area (Å²) in [5, 5.41) is 12.3. The van der Waals surface area contributed by atoms with Crippen LogP contribution in [0, 0.1) is 0 Å². The Bertz CT molecular complexity index is 369. The number of nitrogens with one attached hydrogen (secondary N) is 1. The first-order valence-electron chi connectivity index (χ1n) is 6.27. The minimum atomic E-state index is -0.734. The number of hydrogen-bond acceptors (Lipinski definition) is 4. The lowest BCUT2D eigenvalue weighted by atomic mass is 10.2. The van der Waals surface area contributed by atoms with Crippen molar-refractivity contribution in [2.24, 2.45) is 0 Å². The second-order valence-corrected chi connectivity index (χ2v) is 4.33. The first kappa shape index (κ1) is 15.5. The molecule has 0 aromatic heterocycles. The van der Waals surface area contributed by atoms with Gasteiger partial charge in [0.2, 0.25) is 5.91 Å². The van der Waals surface area contributed by atoms with E-state index in [0.717, 1.165) is 0 Å². The van der Waals surface area contributed by atoms with Gasteiger partial charge in [-0.2, -0.15) is 0 Å². The number of rotatable bonds is 8. The molecule has 2 unspecified atom stereocenters. The van der Waals surface area contributed by atoms with Crippen molar-refractivity contribution >= 4 is 5.91 Å². The van der Waals surface area contributed by atoms with Gasteiger partial charge in [0.15, 0.2) is 0 Å². The van der Waals surface area contributed by atoms with E-state index in [2.05, 4.69) is 5.32 Å². The molecule has 0 aliphatic carbocycles. The van der Waals surface area contributed by atoms with Crippen molar-refractivity contribution in [3.05, 3.63) is 30.3 Å². The van der Waals surface area contributed by atoms with E-state index in [-0.39, 0.29) is 31.6 Å². The zero-order chi connectivity index (χ0) is 14.1. The van der Waals surface area contributed by atoms with E-state index in [4.69, 9.17) is 9.47 Å². The first-order chi connectivity index (χ1) is 9.11. The van der Waals surface area contributed by atoms with Gasteiger partial charge in [-0.25, -0.2) is 0 Å². The Labute approximate surface area is 113 Å². The molecule has 1 aromatic rings. The van der Waals surface area contributed by atoms with Crippen LogP contribution in [0.2, 0.25) is 0 Å². The van der Waals surface area contributed by atoms with Gasteiger partial charge >= 0.3 is 0 Å². The van der Waals surface area contributed by atoms with Crippen molar-refractivity contribution in [2.45, 2.75) is 25.6 Å². The maximum absolute atomic E-state index is 11.4. The normalized spacial score (nSPS) is 13.6. The number of aliphatic hydroxyl groups excluding tert-OH is 1. The lowest BCUT2D eigenvalue weighted by molar-refractivity contribution is -0.123. The standard InChI is InChI=1S/C14H21NO4/c1-11(18-2)8-14(17)15-9-12(16)10-19-13-6-4-3-5-7-13/h3-7,11-12,16H,8-10H2,1-2H3,(H,15,17). The van der Waals surface area contributed by atoms with Crippen LogP contribution in [-0.4, -0.2) is 43.5 Å². The maximum Gasteiger partial charge on any atom is 0.222 e. The second-order valence-electron chi connectivity index (χ2n) is 4.33. The fraction of sp³-hybridized carbons (Fsp3) is 0.500. The molecule has 1 rings (SSSR count). The predicted molar refractivity (Wildman–Crippen MR) is 72.0 cm³/mol. The zero-order valence-electron chi connectivity index (χ0n) is 11.3. The topological polar surface area (TPSA) is 67.8 Å². The lowest BCUT2D eigenvalue weighted by Gasteiger charge is -2.14. The average molecular weight is 267 g/mol. The summed E-state index contributed by atoms with van der Waals surface area (Å²) in [6.45, 7) is 2.13. The highest BCUT2D eigenvalue weighted by atomic mass is 16.5. The number of methoxy groups -OCH3 is 1. The summed E-state index contributed by atoms with van der Waals surface area (Å²) in [5.74, 6) is 0.550. The van der Waals surface area contributed by atoms with E-state index in [1.54, 1.807) is 7.11 Å². The summed E-state index contributed by atoms with van der Waals surface area (Å²) >= 11 is 0. The molecule has 0 heterocycles. The molecule has 5 nitrogen and oxygen atoms in total. The molecular weight excluding hydrogens is 246 g/mol. The van der Waals surface area contributed by atoms with Crippen LogP contribution in [0.3, 0.4) is 0 Å². The van der Waals surface area contributed by atoms with Gasteiger partial charge in [-0.1, -0.05) is 18.2 Å². The van der Waals surface area contributed by atoms with Crippen LogP contribution in [0.25, 0.3) is 0 Å². The number of amides is 1. The van der Waals surface area contributed by atoms with E-state index < -0.39 is 6.10 Å². The summed E-state index contributed by atoms with van der Waals surface area (Å²) in [6.07, 6.45) is -0.581. The maximum atomic E-state index is 11.4. The van der Waals surface area contributed by atoms with E-state index >= 15 is 0 Å². The Morgan fingerprint density at radius 3 is 2.68 bits per heavy atom. The molecule has 2 N–H and O–H groups in total. The van der Waals surface area contributed by atoms with Gasteiger partial charge in [-0.3, -0.25) is 4.79 Å². The molecule has 0 aliphatic heterocycles. The molecule has 2 atom stereocenters. The lowest BCUT2D eigenvalue weighted by Crippen LogP contribution is -2.36.